The molecule has 0 aliphatic rings. The van der Waals surface area contributed by atoms with Gasteiger partial charge in [-0.05, 0) is 36.2 Å². The van der Waals surface area contributed by atoms with Crippen molar-refractivity contribution in [2.45, 2.75) is 19.6 Å². The van der Waals surface area contributed by atoms with Gasteiger partial charge >= 0.3 is 0 Å². The molecule has 1 aromatic heterocycles. The maximum Gasteiger partial charge on any atom is 0.191 e. The molecule has 2 rings (SSSR count). The molecule has 0 fully saturated rings. The number of nitriles is 1. The third-order valence-corrected chi connectivity index (χ3v) is 3.35. The molecule has 0 bridgehead atoms. The summed E-state index contributed by atoms with van der Waals surface area (Å²) in [5.74, 6) is 1.58. The topological polar surface area (TPSA) is 82.6 Å². The number of nitrogens with one attached hydrogen (secondary N) is 2. The van der Waals surface area contributed by atoms with Gasteiger partial charge in [0.05, 0.1) is 17.9 Å². The molecule has 1 heterocycles. The van der Waals surface area contributed by atoms with Gasteiger partial charge in [0.1, 0.15) is 12.4 Å². The highest BCUT2D eigenvalue weighted by atomic mass is 127. The standard InChI is InChI=1S/C18H22N4O2.HI/c1-20-18(22-13-16-7-5-15(12-19)6-8-16)21-9-3-10-23-14-17-4-2-11-24-17;/h2,4-8,11H,3,9-10,13-14H2,1H3,(H2,20,21,22);1H. The van der Waals surface area contributed by atoms with Gasteiger partial charge < -0.3 is 19.8 Å². The van der Waals surface area contributed by atoms with E-state index in [1.165, 1.54) is 0 Å². The van der Waals surface area contributed by atoms with Crippen molar-refractivity contribution >= 4 is 29.9 Å². The highest BCUT2D eigenvalue weighted by Gasteiger charge is 1.99. The molecule has 0 saturated carbocycles. The molecule has 0 radical (unpaired) electrons. The lowest BCUT2D eigenvalue weighted by atomic mass is 10.1. The lowest BCUT2D eigenvalue weighted by molar-refractivity contribution is 0.105. The van der Waals surface area contributed by atoms with Crippen molar-refractivity contribution in [2.75, 3.05) is 20.2 Å². The third kappa shape index (κ3) is 8.05. The van der Waals surface area contributed by atoms with Gasteiger partial charge in [-0.3, -0.25) is 4.99 Å². The largest absolute Gasteiger partial charge is 0.467 e. The summed E-state index contributed by atoms with van der Waals surface area (Å²) < 4.78 is 10.7. The number of furan rings is 1. The molecule has 0 unspecified atom stereocenters. The fourth-order valence-electron chi connectivity index (χ4n) is 2.05. The van der Waals surface area contributed by atoms with Crippen LogP contribution in [0.4, 0.5) is 0 Å². The SMILES string of the molecule is CN=C(NCCCOCc1ccco1)NCc1ccc(C#N)cc1.I. The molecule has 0 aliphatic heterocycles. The smallest absolute Gasteiger partial charge is 0.191 e. The molecule has 0 amide bonds. The molecule has 1 aromatic carbocycles. The number of aliphatic imine (C=N–C) groups is 1. The average Bonchev–Trinajstić information content (AvgIpc) is 3.14. The third-order valence-electron chi connectivity index (χ3n) is 3.35. The zero-order chi connectivity index (χ0) is 17.0. The number of hydrogen-bond acceptors (Lipinski definition) is 4. The van der Waals surface area contributed by atoms with E-state index in [2.05, 4.69) is 21.7 Å². The van der Waals surface area contributed by atoms with Gasteiger partial charge in [0, 0.05) is 26.7 Å². The molecule has 0 saturated heterocycles. The highest BCUT2D eigenvalue weighted by molar-refractivity contribution is 14.0. The molecular formula is C18H23IN4O2. The molecule has 0 aliphatic carbocycles. The van der Waals surface area contributed by atoms with E-state index in [1.807, 2.05) is 36.4 Å². The van der Waals surface area contributed by atoms with Crippen molar-refractivity contribution in [3.63, 3.8) is 0 Å². The minimum absolute atomic E-state index is 0. The maximum atomic E-state index is 8.79. The number of hydrogen-bond donors (Lipinski definition) is 2. The monoisotopic (exact) mass is 454 g/mol. The second kappa shape index (κ2) is 12.3. The Bertz CT molecular complexity index is 663. The Balaban J connectivity index is 0.00000312. The first-order valence-electron chi connectivity index (χ1n) is 7.85. The number of rotatable bonds is 8. The normalized spacial score (nSPS) is 10.6. The fraction of sp³-hybridized carbons (Fsp3) is 0.333. The number of benzene rings is 1. The van der Waals surface area contributed by atoms with Crippen LogP contribution in [0.25, 0.3) is 0 Å². The van der Waals surface area contributed by atoms with Crippen LogP contribution in [0.5, 0.6) is 0 Å². The number of ether oxygens (including phenoxy) is 1. The van der Waals surface area contributed by atoms with Crippen LogP contribution in [0.15, 0.2) is 52.1 Å². The Morgan fingerprint density at radius 1 is 1.24 bits per heavy atom. The van der Waals surface area contributed by atoms with E-state index >= 15 is 0 Å². The minimum atomic E-state index is 0. The van der Waals surface area contributed by atoms with E-state index in [-0.39, 0.29) is 24.0 Å². The quantitative estimate of drug-likeness (QED) is 0.277. The first-order valence-corrected chi connectivity index (χ1v) is 7.85. The summed E-state index contributed by atoms with van der Waals surface area (Å²) in [7, 11) is 1.74. The van der Waals surface area contributed by atoms with Crippen LogP contribution >= 0.6 is 24.0 Å². The second-order valence-corrected chi connectivity index (χ2v) is 5.15. The first kappa shape index (κ1) is 21.0. The average molecular weight is 454 g/mol. The summed E-state index contributed by atoms with van der Waals surface area (Å²) in [6, 6.07) is 13.3. The van der Waals surface area contributed by atoms with Gasteiger partial charge in [0.25, 0.3) is 0 Å². The van der Waals surface area contributed by atoms with E-state index in [9.17, 15) is 0 Å². The zero-order valence-corrected chi connectivity index (χ0v) is 16.5. The van der Waals surface area contributed by atoms with Crippen LogP contribution < -0.4 is 10.6 Å². The Hall–Kier alpha value is -2.05. The van der Waals surface area contributed by atoms with Crippen LogP contribution in [0.2, 0.25) is 0 Å². The summed E-state index contributed by atoms with van der Waals surface area (Å²) in [6.45, 7) is 2.57. The Kier molecular flexibility index (Phi) is 10.4. The lowest BCUT2D eigenvalue weighted by Gasteiger charge is -2.12. The van der Waals surface area contributed by atoms with Crippen LogP contribution in [0.1, 0.15) is 23.3 Å². The zero-order valence-electron chi connectivity index (χ0n) is 14.2. The maximum absolute atomic E-state index is 8.79. The van der Waals surface area contributed by atoms with Gasteiger partial charge in [-0.2, -0.15) is 5.26 Å². The summed E-state index contributed by atoms with van der Waals surface area (Å²) in [4.78, 5) is 4.18. The van der Waals surface area contributed by atoms with Gasteiger partial charge in [-0.25, -0.2) is 0 Å². The molecule has 2 aromatic rings. The highest BCUT2D eigenvalue weighted by Crippen LogP contribution is 2.03. The van der Waals surface area contributed by atoms with Crippen LogP contribution in [0, 0.1) is 11.3 Å². The van der Waals surface area contributed by atoms with E-state index in [0.29, 0.717) is 25.3 Å². The van der Waals surface area contributed by atoms with Crippen molar-refractivity contribution in [1.82, 2.24) is 10.6 Å². The van der Waals surface area contributed by atoms with Crippen molar-refractivity contribution in [3.8, 4) is 6.07 Å². The van der Waals surface area contributed by atoms with Gasteiger partial charge in [0.2, 0.25) is 0 Å². The van der Waals surface area contributed by atoms with Crippen molar-refractivity contribution in [2.24, 2.45) is 4.99 Å². The predicted molar refractivity (Wildman–Crippen MR) is 108 cm³/mol. The minimum Gasteiger partial charge on any atom is -0.467 e. The first-order chi connectivity index (χ1) is 11.8. The summed E-state index contributed by atoms with van der Waals surface area (Å²) in [5, 5.41) is 15.3. The Labute approximate surface area is 165 Å². The molecule has 25 heavy (non-hydrogen) atoms. The molecule has 6 nitrogen and oxygen atoms in total. The Morgan fingerprint density at radius 2 is 2.04 bits per heavy atom. The van der Waals surface area contributed by atoms with Crippen LogP contribution in [-0.2, 0) is 17.9 Å². The van der Waals surface area contributed by atoms with Gasteiger partial charge in [-0.15, -0.1) is 24.0 Å². The van der Waals surface area contributed by atoms with Gasteiger partial charge in [0.15, 0.2) is 5.96 Å². The van der Waals surface area contributed by atoms with E-state index < -0.39 is 0 Å². The summed E-state index contributed by atoms with van der Waals surface area (Å²) >= 11 is 0. The molecular weight excluding hydrogens is 431 g/mol. The van der Waals surface area contributed by atoms with E-state index in [1.54, 1.807) is 13.3 Å². The van der Waals surface area contributed by atoms with E-state index in [4.69, 9.17) is 14.4 Å². The molecule has 0 spiro atoms. The van der Waals surface area contributed by atoms with Crippen LogP contribution in [0.3, 0.4) is 0 Å². The number of halogens is 1. The van der Waals surface area contributed by atoms with Crippen molar-refractivity contribution < 1.29 is 9.15 Å². The lowest BCUT2D eigenvalue weighted by Crippen LogP contribution is -2.37. The van der Waals surface area contributed by atoms with Crippen molar-refractivity contribution in [3.05, 3.63) is 59.5 Å². The second-order valence-electron chi connectivity index (χ2n) is 5.15. The fourth-order valence-corrected chi connectivity index (χ4v) is 2.05. The molecule has 2 N–H and O–H groups in total. The van der Waals surface area contributed by atoms with E-state index in [0.717, 1.165) is 30.2 Å². The van der Waals surface area contributed by atoms with Crippen molar-refractivity contribution in [1.29, 1.82) is 5.26 Å². The van der Waals surface area contributed by atoms with Gasteiger partial charge in [-0.1, -0.05) is 12.1 Å². The number of nitrogens with zero attached hydrogens (tertiary/aromatic N) is 2. The number of guanidine groups is 1. The molecule has 0 atom stereocenters. The predicted octanol–water partition coefficient (Wildman–Crippen LogP) is 3.04. The molecule has 134 valence electrons. The Morgan fingerprint density at radius 3 is 2.68 bits per heavy atom. The summed E-state index contributed by atoms with van der Waals surface area (Å²) in [6.07, 6.45) is 2.52. The van der Waals surface area contributed by atoms with Crippen LogP contribution in [-0.4, -0.2) is 26.2 Å². The summed E-state index contributed by atoms with van der Waals surface area (Å²) in [5.41, 5.74) is 1.76. The molecule has 7 heteroatoms.